The third kappa shape index (κ3) is 4.70. The number of amides is 1. The van der Waals surface area contributed by atoms with Crippen LogP contribution < -0.4 is 5.32 Å². The van der Waals surface area contributed by atoms with Crippen molar-refractivity contribution in [3.8, 4) is 0 Å². The number of hydrogen-bond donors (Lipinski definition) is 1. The van der Waals surface area contributed by atoms with Gasteiger partial charge in [0.05, 0.1) is 6.54 Å². The van der Waals surface area contributed by atoms with E-state index in [1.54, 1.807) is 18.3 Å². The second-order valence-electron chi connectivity index (χ2n) is 6.52. The summed E-state index contributed by atoms with van der Waals surface area (Å²) in [5.41, 5.74) is 0.0377. The Morgan fingerprint density at radius 2 is 1.96 bits per heavy atom. The number of nitrogens with one attached hydrogen (secondary N) is 1. The van der Waals surface area contributed by atoms with Gasteiger partial charge in [0.15, 0.2) is 5.96 Å². The van der Waals surface area contributed by atoms with Gasteiger partial charge in [0.2, 0.25) is 5.91 Å². The summed E-state index contributed by atoms with van der Waals surface area (Å²) in [4.78, 5) is 21.8. The van der Waals surface area contributed by atoms with E-state index in [0.29, 0.717) is 0 Å². The van der Waals surface area contributed by atoms with Gasteiger partial charge in [0, 0.05) is 49.9 Å². The van der Waals surface area contributed by atoms with Crippen LogP contribution in [0.2, 0.25) is 0 Å². The van der Waals surface area contributed by atoms with E-state index in [0.717, 1.165) is 45.2 Å². The molecule has 0 aromatic carbocycles. The van der Waals surface area contributed by atoms with Gasteiger partial charge in [-0.1, -0.05) is 19.9 Å². The molecular weight excluding hydrogens is 308 g/mol. The molecular formula is C17H28N4OS. The van der Waals surface area contributed by atoms with Gasteiger partial charge in [-0.3, -0.25) is 9.79 Å². The van der Waals surface area contributed by atoms with Crippen molar-refractivity contribution in [1.29, 1.82) is 0 Å². The van der Waals surface area contributed by atoms with Crippen LogP contribution in [-0.2, 0) is 10.2 Å². The van der Waals surface area contributed by atoms with E-state index in [-0.39, 0.29) is 11.3 Å². The summed E-state index contributed by atoms with van der Waals surface area (Å²) in [6, 6.07) is 4.27. The zero-order valence-corrected chi connectivity index (χ0v) is 15.4. The molecule has 1 aromatic rings. The highest BCUT2D eigenvalue weighted by Gasteiger charge is 2.24. The number of nitrogens with zero attached hydrogens (tertiary/aromatic N) is 3. The summed E-state index contributed by atoms with van der Waals surface area (Å²) in [7, 11) is 0. The van der Waals surface area contributed by atoms with Gasteiger partial charge < -0.3 is 15.1 Å². The van der Waals surface area contributed by atoms with E-state index < -0.39 is 0 Å². The van der Waals surface area contributed by atoms with Crippen molar-refractivity contribution in [3.63, 3.8) is 0 Å². The van der Waals surface area contributed by atoms with E-state index in [4.69, 9.17) is 4.99 Å². The first-order valence-corrected chi connectivity index (χ1v) is 9.15. The molecule has 1 aromatic heterocycles. The van der Waals surface area contributed by atoms with E-state index in [1.807, 2.05) is 4.90 Å². The summed E-state index contributed by atoms with van der Waals surface area (Å²) >= 11 is 1.79. The molecule has 5 nitrogen and oxygen atoms in total. The van der Waals surface area contributed by atoms with Crippen molar-refractivity contribution >= 4 is 23.2 Å². The van der Waals surface area contributed by atoms with Crippen molar-refractivity contribution in [1.82, 2.24) is 15.1 Å². The van der Waals surface area contributed by atoms with Crippen LogP contribution in [0.25, 0.3) is 0 Å². The number of aliphatic imine (C=N–C) groups is 1. The molecule has 0 spiro atoms. The summed E-state index contributed by atoms with van der Waals surface area (Å²) in [5.74, 6) is 1.12. The first-order valence-electron chi connectivity index (χ1n) is 8.27. The lowest BCUT2D eigenvalue weighted by molar-refractivity contribution is -0.130. The molecule has 1 saturated heterocycles. The molecule has 1 fully saturated rings. The number of guanidine groups is 1. The Morgan fingerprint density at radius 3 is 2.48 bits per heavy atom. The molecule has 0 aliphatic carbocycles. The van der Waals surface area contributed by atoms with Crippen LogP contribution in [-0.4, -0.2) is 60.9 Å². The summed E-state index contributed by atoms with van der Waals surface area (Å²) in [5, 5.41) is 5.51. The SMILES string of the molecule is CCNC(=NCC(C)(C)c1cccs1)N1CCN(C(C)=O)CC1. The molecule has 1 N–H and O–H groups in total. The maximum atomic E-state index is 11.5. The van der Waals surface area contributed by atoms with Gasteiger partial charge in [0.1, 0.15) is 0 Å². The van der Waals surface area contributed by atoms with Gasteiger partial charge in [-0.05, 0) is 18.4 Å². The zero-order valence-electron chi connectivity index (χ0n) is 14.6. The molecule has 0 unspecified atom stereocenters. The number of carbonyl (C=O) groups is 1. The Labute approximate surface area is 143 Å². The van der Waals surface area contributed by atoms with Gasteiger partial charge in [0.25, 0.3) is 0 Å². The molecule has 6 heteroatoms. The first-order chi connectivity index (χ1) is 10.9. The topological polar surface area (TPSA) is 47.9 Å². The molecule has 2 heterocycles. The predicted octanol–water partition coefficient (Wildman–Crippen LogP) is 2.16. The minimum Gasteiger partial charge on any atom is -0.357 e. The molecule has 0 saturated carbocycles. The summed E-state index contributed by atoms with van der Waals surface area (Å²) < 4.78 is 0. The molecule has 23 heavy (non-hydrogen) atoms. The molecule has 0 atom stereocenters. The Morgan fingerprint density at radius 1 is 1.30 bits per heavy atom. The predicted molar refractivity (Wildman–Crippen MR) is 97.2 cm³/mol. The molecule has 0 radical (unpaired) electrons. The van der Waals surface area contributed by atoms with Crippen LogP contribution in [0.3, 0.4) is 0 Å². The van der Waals surface area contributed by atoms with Crippen LogP contribution in [0.4, 0.5) is 0 Å². The molecule has 2 rings (SSSR count). The van der Waals surface area contributed by atoms with Crippen LogP contribution in [0.5, 0.6) is 0 Å². The monoisotopic (exact) mass is 336 g/mol. The summed E-state index contributed by atoms with van der Waals surface area (Å²) in [6.45, 7) is 13.0. The lowest BCUT2D eigenvalue weighted by Crippen LogP contribution is -2.53. The van der Waals surface area contributed by atoms with Crippen molar-refractivity contribution in [2.75, 3.05) is 39.3 Å². The number of hydrogen-bond acceptors (Lipinski definition) is 3. The molecule has 128 valence electrons. The largest absolute Gasteiger partial charge is 0.357 e. The van der Waals surface area contributed by atoms with E-state index >= 15 is 0 Å². The zero-order chi connectivity index (χ0) is 16.9. The average Bonchev–Trinajstić information content (AvgIpc) is 3.07. The highest BCUT2D eigenvalue weighted by atomic mass is 32.1. The van der Waals surface area contributed by atoms with Gasteiger partial charge in [-0.25, -0.2) is 0 Å². The minimum atomic E-state index is 0.0377. The molecule has 1 amide bonds. The maximum absolute atomic E-state index is 11.5. The molecule has 0 bridgehead atoms. The summed E-state index contributed by atoms with van der Waals surface area (Å²) in [6.07, 6.45) is 0. The van der Waals surface area contributed by atoms with Crippen molar-refractivity contribution in [2.45, 2.75) is 33.1 Å². The van der Waals surface area contributed by atoms with E-state index in [1.165, 1.54) is 4.88 Å². The van der Waals surface area contributed by atoms with Crippen LogP contribution in [0.1, 0.15) is 32.6 Å². The number of thiophene rings is 1. The fourth-order valence-corrected chi connectivity index (χ4v) is 3.52. The molecule has 1 aliphatic rings. The molecule has 1 aliphatic heterocycles. The second-order valence-corrected chi connectivity index (χ2v) is 7.47. The number of piperazine rings is 1. The van der Waals surface area contributed by atoms with Crippen LogP contribution in [0, 0.1) is 0 Å². The van der Waals surface area contributed by atoms with Crippen molar-refractivity contribution in [2.24, 2.45) is 4.99 Å². The van der Waals surface area contributed by atoms with E-state index in [9.17, 15) is 4.79 Å². The van der Waals surface area contributed by atoms with Crippen LogP contribution >= 0.6 is 11.3 Å². The van der Waals surface area contributed by atoms with Crippen molar-refractivity contribution < 1.29 is 4.79 Å². The Hall–Kier alpha value is -1.56. The quantitative estimate of drug-likeness (QED) is 0.677. The van der Waals surface area contributed by atoms with Gasteiger partial charge in [-0.15, -0.1) is 11.3 Å². The highest BCUT2D eigenvalue weighted by Crippen LogP contribution is 2.27. The number of rotatable bonds is 4. The Balaban J connectivity index is 2.02. The maximum Gasteiger partial charge on any atom is 0.219 e. The normalized spacial score (nSPS) is 16.6. The highest BCUT2D eigenvalue weighted by molar-refractivity contribution is 7.10. The average molecular weight is 337 g/mol. The lowest BCUT2D eigenvalue weighted by Gasteiger charge is -2.36. The van der Waals surface area contributed by atoms with E-state index in [2.05, 4.69) is 48.5 Å². The second kappa shape index (κ2) is 7.81. The van der Waals surface area contributed by atoms with Crippen LogP contribution in [0.15, 0.2) is 22.5 Å². The third-order valence-corrected chi connectivity index (χ3v) is 5.41. The van der Waals surface area contributed by atoms with Gasteiger partial charge in [-0.2, -0.15) is 0 Å². The lowest BCUT2D eigenvalue weighted by atomic mass is 9.92. The number of carbonyl (C=O) groups excluding carboxylic acids is 1. The minimum absolute atomic E-state index is 0.0377. The Kier molecular flexibility index (Phi) is 6.04. The van der Waals surface area contributed by atoms with Crippen molar-refractivity contribution in [3.05, 3.63) is 22.4 Å². The standard InChI is InChI=1S/C17H28N4OS/c1-5-18-16(21-10-8-20(9-11-21)14(2)22)19-13-17(3,4)15-7-6-12-23-15/h6-7,12H,5,8-11,13H2,1-4H3,(H,18,19). The Bertz CT molecular complexity index is 531. The smallest absolute Gasteiger partial charge is 0.219 e. The fourth-order valence-electron chi connectivity index (χ4n) is 2.67. The third-order valence-electron chi connectivity index (χ3n) is 4.17. The fraction of sp³-hybridized carbons (Fsp3) is 0.647. The van der Waals surface area contributed by atoms with Gasteiger partial charge >= 0.3 is 0 Å². The first kappa shape index (κ1) is 17.8.